The Morgan fingerprint density at radius 1 is 1.32 bits per heavy atom. The third-order valence-corrected chi connectivity index (χ3v) is 5.67. The Morgan fingerprint density at radius 3 is 2.86 bits per heavy atom. The molecule has 9 heteroatoms. The van der Waals surface area contributed by atoms with Crippen LogP contribution < -0.4 is 4.73 Å². The summed E-state index contributed by atoms with van der Waals surface area (Å²) >= 11 is 0. The molecular weight excluding hydrogens is 365 g/mol. The summed E-state index contributed by atoms with van der Waals surface area (Å²) in [6.07, 6.45) is 5.33. The zero-order chi connectivity index (χ0) is 19.5. The van der Waals surface area contributed by atoms with E-state index in [9.17, 15) is 9.60 Å². The van der Waals surface area contributed by atoms with Crippen molar-refractivity contribution in [3.05, 3.63) is 47.1 Å². The lowest BCUT2D eigenvalue weighted by Gasteiger charge is -2.22. The lowest BCUT2D eigenvalue weighted by atomic mass is 10.0. The maximum absolute atomic E-state index is 13.6. The van der Waals surface area contributed by atoms with Crippen LogP contribution in [-0.4, -0.2) is 26.6 Å². The van der Waals surface area contributed by atoms with Crippen LogP contribution in [0.25, 0.3) is 28.1 Å². The van der Waals surface area contributed by atoms with Gasteiger partial charge in [-0.3, -0.25) is 4.40 Å². The van der Waals surface area contributed by atoms with Crippen LogP contribution in [-0.2, 0) is 10.3 Å². The summed E-state index contributed by atoms with van der Waals surface area (Å²) in [6, 6.07) is 4.07. The van der Waals surface area contributed by atoms with Crippen molar-refractivity contribution in [1.29, 1.82) is 0 Å². The maximum Gasteiger partial charge on any atom is 0.279 e. The van der Waals surface area contributed by atoms with E-state index in [1.54, 1.807) is 30.8 Å². The van der Waals surface area contributed by atoms with Crippen molar-refractivity contribution < 1.29 is 18.4 Å². The van der Waals surface area contributed by atoms with Crippen molar-refractivity contribution in [3.63, 3.8) is 0 Å². The maximum atomic E-state index is 13.6. The molecule has 1 aromatic carbocycles. The van der Waals surface area contributed by atoms with Gasteiger partial charge in [-0.25, -0.2) is 9.37 Å². The second-order valence-corrected chi connectivity index (χ2v) is 7.15. The van der Waals surface area contributed by atoms with Gasteiger partial charge < -0.3 is 14.5 Å². The molecule has 8 nitrogen and oxygen atoms in total. The van der Waals surface area contributed by atoms with Gasteiger partial charge in [-0.15, -0.1) is 0 Å². The fourth-order valence-corrected chi connectivity index (χ4v) is 4.14. The number of imidazole rings is 1. The van der Waals surface area contributed by atoms with E-state index >= 15 is 0 Å². The van der Waals surface area contributed by atoms with Gasteiger partial charge in [0, 0.05) is 20.1 Å². The Labute approximate surface area is 159 Å². The Morgan fingerprint density at radius 2 is 2.11 bits per heavy atom. The monoisotopic (exact) mass is 383 g/mol. The van der Waals surface area contributed by atoms with Crippen molar-refractivity contribution in [2.24, 2.45) is 0 Å². The molecule has 1 fully saturated rings. The minimum atomic E-state index is -0.533. The van der Waals surface area contributed by atoms with Crippen LogP contribution >= 0.6 is 0 Å². The summed E-state index contributed by atoms with van der Waals surface area (Å²) in [7, 11) is 1.66. The van der Waals surface area contributed by atoms with Crippen molar-refractivity contribution >= 4 is 16.6 Å². The smallest absolute Gasteiger partial charge is 0.279 e. The molecule has 0 atom stereocenters. The number of benzene rings is 1. The standard InChI is InChI=1S/C19H18FN5O3/c1-11-16-15(17-22-18(23-28-17)19(27-2)7-3-4-8-19)21-10-24(16)13-6-5-12(20)9-14(13)25(11)26/h5-6,9-10H,3-4,7-8H2,1-2H3. The highest BCUT2D eigenvalue weighted by molar-refractivity contribution is 5.82. The number of hydrogen-bond donors (Lipinski definition) is 0. The van der Waals surface area contributed by atoms with Crippen molar-refractivity contribution in [3.8, 4) is 11.6 Å². The zero-order valence-corrected chi connectivity index (χ0v) is 15.5. The third kappa shape index (κ3) is 2.26. The molecule has 0 saturated heterocycles. The fourth-order valence-electron chi connectivity index (χ4n) is 4.14. The first-order valence-corrected chi connectivity index (χ1v) is 9.12. The summed E-state index contributed by atoms with van der Waals surface area (Å²) in [5.41, 5.74) is 1.56. The van der Waals surface area contributed by atoms with Gasteiger partial charge >= 0.3 is 0 Å². The summed E-state index contributed by atoms with van der Waals surface area (Å²) in [4.78, 5) is 8.95. The number of fused-ring (bicyclic) bond motifs is 3. The number of methoxy groups -OCH3 is 1. The van der Waals surface area contributed by atoms with Gasteiger partial charge in [-0.2, -0.15) is 9.71 Å². The molecule has 0 N–H and O–H groups in total. The molecular formula is C19H18FN5O3. The molecule has 1 aliphatic rings. The van der Waals surface area contributed by atoms with Crippen LogP contribution in [0.5, 0.6) is 0 Å². The largest absolute Gasteiger partial charge is 0.618 e. The molecule has 0 aliphatic heterocycles. The lowest BCUT2D eigenvalue weighted by molar-refractivity contribution is -0.583. The molecule has 0 radical (unpaired) electrons. The average molecular weight is 383 g/mol. The first kappa shape index (κ1) is 17.1. The lowest BCUT2D eigenvalue weighted by Crippen LogP contribution is -2.32. The van der Waals surface area contributed by atoms with Gasteiger partial charge in [-0.05, 0) is 37.8 Å². The number of aromatic nitrogens is 5. The van der Waals surface area contributed by atoms with Gasteiger partial charge in [0.25, 0.3) is 5.89 Å². The molecule has 3 aromatic heterocycles. The van der Waals surface area contributed by atoms with Crippen LogP contribution in [0, 0.1) is 17.9 Å². The summed E-state index contributed by atoms with van der Waals surface area (Å²) in [5.74, 6) is 0.253. The second-order valence-electron chi connectivity index (χ2n) is 7.15. The molecule has 1 aliphatic carbocycles. The Balaban J connectivity index is 1.71. The van der Waals surface area contributed by atoms with E-state index in [1.165, 1.54) is 12.1 Å². The van der Waals surface area contributed by atoms with E-state index in [1.807, 2.05) is 0 Å². The molecule has 0 amide bonds. The zero-order valence-electron chi connectivity index (χ0n) is 15.5. The first-order chi connectivity index (χ1) is 13.5. The van der Waals surface area contributed by atoms with E-state index in [0.717, 1.165) is 25.7 Å². The molecule has 0 bridgehead atoms. The summed E-state index contributed by atoms with van der Waals surface area (Å²) < 4.78 is 27.3. The van der Waals surface area contributed by atoms with Gasteiger partial charge in [0.2, 0.25) is 17.0 Å². The average Bonchev–Trinajstić information content (AvgIpc) is 3.44. The van der Waals surface area contributed by atoms with Crippen molar-refractivity contribution in [2.75, 3.05) is 7.11 Å². The number of halogens is 1. The highest BCUT2D eigenvalue weighted by Gasteiger charge is 2.40. The van der Waals surface area contributed by atoms with Crippen LogP contribution in [0.2, 0.25) is 0 Å². The molecule has 144 valence electrons. The van der Waals surface area contributed by atoms with Gasteiger partial charge in [0.05, 0.1) is 0 Å². The Kier molecular flexibility index (Phi) is 3.63. The number of hydrogen-bond acceptors (Lipinski definition) is 6. The SMILES string of the molecule is COC1(c2noc(-c3ncn4c3c(C)[n+]([O-])c3cc(F)ccc34)n2)CCCC1. The fraction of sp³-hybridized carbons (Fsp3) is 0.368. The minimum Gasteiger partial charge on any atom is -0.618 e. The van der Waals surface area contributed by atoms with Crippen LogP contribution in [0.1, 0.15) is 37.2 Å². The highest BCUT2D eigenvalue weighted by atomic mass is 19.1. The highest BCUT2D eigenvalue weighted by Crippen LogP contribution is 2.41. The van der Waals surface area contributed by atoms with Gasteiger partial charge in [-0.1, -0.05) is 5.16 Å². The van der Waals surface area contributed by atoms with Gasteiger partial charge in [0.1, 0.15) is 28.8 Å². The third-order valence-electron chi connectivity index (χ3n) is 5.67. The molecule has 0 unspecified atom stereocenters. The Hall–Kier alpha value is -3.07. The summed E-state index contributed by atoms with van der Waals surface area (Å²) in [6.45, 7) is 1.66. The summed E-state index contributed by atoms with van der Waals surface area (Å²) in [5, 5.41) is 16.8. The van der Waals surface area contributed by atoms with Crippen LogP contribution in [0.4, 0.5) is 4.39 Å². The molecule has 3 heterocycles. The van der Waals surface area contributed by atoms with Crippen molar-refractivity contribution in [1.82, 2.24) is 19.5 Å². The van der Waals surface area contributed by atoms with E-state index < -0.39 is 11.4 Å². The molecule has 28 heavy (non-hydrogen) atoms. The number of nitrogens with zero attached hydrogens (tertiary/aromatic N) is 5. The van der Waals surface area contributed by atoms with Crippen LogP contribution in [0.3, 0.4) is 0 Å². The van der Waals surface area contributed by atoms with Crippen LogP contribution in [0.15, 0.2) is 29.0 Å². The predicted octanol–water partition coefficient (Wildman–Crippen LogP) is 3.03. The van der Waals surface area contributed by atoms with Crippen molar-refractivity contribution in [2.45, 2.75) is 38.2 Å². The molecule has 4 aromatic rings. The van der Waals surface area contributed by atoms with Gasteiger partial charge in [0.15, 0.2) is 5.69 Å². The van der Waals surface area contributed by atoms with E-state index in [-0.39, 0.29) is 11.4 Å². The molecule has 5 rings (SSSR count). The molecule has 1 saturated carbocycles. The Bertz CT molecular complexity index is 1210. The first-order valence-electron chi connectivity index (χ1n) is 9.12. The van der Waals surface area contributed by atoms with E-state index in [0.29, 0.717) is 33.0 Å². The number of rotatable bonds is 3. The minimum absolute atomic E-state index is 0.226. The second kappa shape index (κ2) is 5.96. The normalized spacial score (nSPS) is 16.4. The quantitative estimate of drug-likeness (QED) is 0.399. The van der Waals surface area contributed by atoms with E-state index in [2.05, 4.69) is 15.1 Å². The number of ether oxygens (including phenoxy) is 1. The predicted molar refractivity (Wildman–Crippen MR) is 96.8 cm³/mol. The topological polar surface area (TPSA) is 92.4 Å². The van der Waals surface area contributed by atoms with E-state index in [4.69, 9.17) is 9.26 Å². The number of aryl methyl sites for hydroxylation is 1. The molecule has 0 spiro atoms.